The molecule has 116 valence electrons. The van der Waals surface area contributed by atoms with Crippen molar-refractivity contribution in [2.24, 2.45) is 0 Å². The fourth-order valence-electron chi connectivity index (χ4n) is 2.53. The summed E-state index contributed by atoms with van der Waals surface area (Å²) >= 11 is 0. The van der Waals surface area contributed by atoms with E-state index in [-0.39, 0.29) is 0 Å². The van der Waals surface area contributed by atoms with Crippen LogP contribution in [0.25, 0.3) is 0 Å². The average molecular weight is 316 g/mol. The number of hydrogen-bond donors (Lipinski definition) is 0. The molecule has 0 aliphatic heterocycles. The molecule has 2 heteroatoms. The zero-order valence-corrected chi connectivity index (χ0v) is 14.9. The third-order valence-corrected chi connectivity index (χ3v) is 4.30. The van der Waals surface area contributed by atoms with Gasteiger partial charge >= 0.3 is 0 Å². The van der Waals surface area contributed by atoms with E-state index in [0.717, 1.165) is 22.3 Å². The summed E-state index contributed by atoms with van der Waals surface area (Å²) in [5.41, 5.74) is 7.82. The van der Waals surface area contributed by atoms with Crippen LogP contribution in [0.1, 0.15) is 27.8 Å². The second-order valence-electron chi connectivity index (χ2n) is 6.14. The first kappa shape index (κ1) is 16.8. The molecule has 0 unspecified atom stereocenters. The first-order valence-corrected chi connectivity index (χ1v) is 8.39. The predicted molar refractivity (Wildman–Crippen MR) is 112 cm³/mol. The highest BCUT2D eigenvalue weighted by Gasteiger charge is 2.03. The lowest BCUT2D eigenvalue weighted by Gasteiger charge is -2.06. The van der Waals surface area contributed by atoms with Crippen LogP contribution < -0.4 is 10.9 Å². The summed E-state index contributed by atoms with van der Waals surface area (Å²) in [5.74, 6) is 13.0. The molecule has 0 spiro atoms. The van der Waals surface area contributed by atoms with Crippen molar-refractivity contribution in [2.75, 3.05) is 0 Å². The lowest BCUT2D eigenvalue weighted by Crippen LogP contribution is -2.13. The van der Waals surface area contributed by atoms with Gasteiger partial charge in [-0.1, -0.05) is 64.9 Å². The van der Waals surface area contributed by atoms with Crippen molar-refractivity contribution in [1.29, 1.82) is 0 Å². The van der Waals surface area contributed by atoms with Gasteiger partial charge in [0.15, 0.2) is 0 Å². The van der Waals surface area contributed by atoms with Gasteiger partial charge in [-0.3, -0.25) is 0 Å². The van der Waals surface area contributed by atoms with Gasteiger partial charge in [0.05, 0.1) is 0 Å². The van der Waals surface area contributed by atoms with Crippen molar-refractivity contribution in [1.82, 2.24) is 0 Å². The Balaban J connectivity index is 1.89. The van der Waals surface area contributed by atoms with Crippen molar-refractivity contribution < 1.29 is 0 Å². The summed E-state index contributed by atoms with van der Waals surface area (Å²) < 4.78 is 0. The molecule has 0 bridgehead atoms. The maximum atomic E-state index is 3.29. The van der Waals surface area contributed by atoms with Crippen LogP contribution in [0.3, 0.4) is 0 Å². The Morgan fingerprint density at radius 1 is 0.600 bits per heavy atom. The SMILES string of the molecule is Bc1ccc(C#Cc2ccc(C#Cc3ccccc3)c(B)c2C)cc1. The minimum absolute atomic E-state index is 1.03. The van der Waals surface area contributed by atoms with Gasteiger partial charge in [0, 0.05) is 22.3 Å². The van der Waals surface area contributed by atoms with E-state index in [1.54, 1.807) is 0 Å². The summed E-state index contributed by atoms with van der Waals surface area (Å²) in [6.07, 6.45) is 0. The van der Waals surface area contributed by atoms with E-state index >= 15 is 0 Å². The summed E-state index contributed by atoms with van der Waals surface area (Å²) in [6, 6.07) is 22.5. The van der Waals surface area contributed by atoms with E-state index < -0.39 is 0 Å². The van der Waals surface area contributed by atoms with Gasteiger partial charge in [-0.2, -0.15) is 0 Å². The first-order valence-electron chi connectivity index (χ1n) is 8.39. The Kier molecular flexibility index (Phi) is 5.13. The van der Waals surface area contributed by atoms with Crippen LogP contribution >= 0.6 is 0 Å². The highest BCUT2D eigenvalue weighted by molar-refractivity contribution is 6.35. The van der Waals surface area contributed by atoms with Crippen molar-refractivity contribution in [3.05, 3.63) is 94.5 Å². The number of rotatable bonds is 0. The fourth-order valence-corrected chi connectivity index (χ4v) is 2.53. The molecular formula is C23H18B2. The maximum Gasteiger partial charge on any atom is 0.141 e. The van der Waals surface area contributed by atoms with E-state index in [9.17, 15) is 0 Å². The quantitative estimate of drug-likeness (QED) is 0.433. The van der Waals surface area contributed by atoms with Crippen LogP contribution in [0.15, 0.2) is 66.7 Å². The van der Waals surface area contributed by atoms with E-state index in [1.165, 1.54) is 16.5 Å². The minimum Gasteiger partial charge on any atom is -0.0889 e. The molecular weight excluding hydrogens is 298 g/mol. The molecule has 25 heavy (non-hydrogen) atoms. The predicted octanol–water partition coefficient (Wildman–Crippen LogP) is 1.31. The molecule has 0 aromatic heterocycles. The standard InChI is InChI=1S/C23H18B2/c1-17-20(11-7-19-9-15-22(24)16-10-19)13-14-21(23(17)25)12-8-18-5-3-2-4-6-18/h2-6,9-10,13-16H,24-25H2,1H3. The number of hydrogen-bond acceptors (Lipinski definition) is 0. The maximum absolute atomic E-state index is 3.29. The van der Waals surface area contributed by atoms with Crippen LogP contribution in [0, 0.1) is 30.6 Å². The topological polar surface area (TPSA) is 0 Å². The fraction of sp³-hybridized carbons (Fsp3) is 0.0435. The molecule has 0 N–H and O–H groups in total. The summed E-state index contributed by atoms with van der Waals surface area (Å²) in [6.45, 7) is 2.11. The lowest BCUT2D eigenvalue weighted by molar-refractivity contribution is 1.46. The molecule has 0 atom stereocenters. The Bertz CT molecular complexity index is 1010. The molecule has 3 rings (SSSR count). The van der Waals surface area contributed by atoms with Gasteiger partial charge in [-0.05, 0) is 48.9 Å². The van der Waals surface area contributed by atoms with Crippen LogP contribution in [0.2, 0.25) is 0 Å². The van der Waals surface area contributed by atoms with Gasteiger partial charge in [0.2, 0.25) is 0 Å². The van der Waals surface area contributed by atoms with Crippen LogP contribution in [0.5, 0.6) is 0 Å². The molecule has 0 saturated heterocycles. The second kappa shape index (κ2) is 7.65. The summed E-state index contributed by atoms with van der Waals surface area (Å²) in [4.78, 5) is 0. The molecule has 0 amide bonds. The zero-order chi connectivity index (χ0) is 17.6. The average Bonchev–Trinajstić information content (AvgIpc) is 2.64. The summed E-state index contributed by atoms with van der Waals surface area (Å²) in [7, 11) is 4.20. The minimum atomic E-state index is 1.03. The van der Waals surface area contributed by atoms with E-state index in [1.807, 2.05) is 30.3 Å². The molecule has 0 aliphatic rings. The smallest absolute Gasteiger partial charge is 0.0889 e. The van der Waals surface area contributed by atoms with Gasteiger partial charge < -0.3 is 0 Å². The third-order valence-electron chi connectivity index (χ3n) is 4.30. The molecule has 0 saturated carbocycles. The molecule has 0 heterocycles. The van der Waals surface area contributed by atoms with Gasteiger partial charge in [-0.15, -0.1) is 0 Å². The van der Waals surface area contributed by atoms with Gasteiger partial charge in [0.25, 0.3) is 0 Å². The number of benzene rings is 3. The van der Waals surface area contributed by atoms with Crippen molar-refractivity contribution in [2.45, 2.75) is 6.92 Å². The second-order valence-corrected chi connectivity index (χ2v) is 6.14. The van der Waals surface area contributed by atoms with Crippen LogP contribution in [-0.2, 0) is 0 Å². The van der Waals surface area contributed by atoms with Crippen molar-refractivity contribution in [3.8, 4) is 23.7 Å². The van der Waals surface area contributed by atoms with Crippen molar-refractivity contribution in [3.63, 3.8) is 0 Å². The van der Waals surface area contributed by atoms with Gasteiger partial charge in [0.1, 0.15) is 15.7 Å². The molecule has 0 aliphatic carbocycles. The first-order chi connectivity index (χ1) is 12.1. The summed E-state index contributed by atoms with van der Waals surface area (Å²) in [5, 5.41) is 0. The van der Waals surface area contributed by atoms with E-state index in [4.69, 9.17) is 0 Å². The molecule has 3 aromatic rings. The zero-order valence-electron chi connectivity index (χ0n) is 14.9. The van der Waals surface area contributed by atoms with Gasteiger partial charge in [-0.25, -0.2) is 0 Å². The molecule has 0 fully saturated rings. The Morgan fingerprint density at radius 2 is 1.16 bits per heavy atom. The normalized spacial score (nSPS) is 9.48. The van der Waals surface area contributed by atoms with E-state index in [0.29, 0.717) is 0 Å². The van der Waals surface area contributed by atoms with Crippen LogP contribution in [0.4, 0.5) is 0 Å². The monoisotopic (exact) mass is 316 g/mol. The van der Waals surface area contributed by atoms with Crippen molar-refractivity contribution >= 4 is 26.6 Å². The van der Waals surface area contributed by atoms with E-state index in [2.05, 4.69) is 82.7 Å². The molecule has 3 aromatic carbocycles. The highest BCUT2D eigenvalue weighted by Crippen LogP contribution is 2.07. The molecule has 0 radical (unpaired) electrons. The Hall–Kier alpha value is -3.09. The Labute approximate surface area is 152 Å². The molecule has 0 nitrogen and oxygen atoms in total. The lowest BCUT2D eigenvalue weighted by atomic mass is 9.84. The highest BCUT2D eigenvalue weighted by atomic mass is 14.0. The van der Waals surface area contributed by atoms with Crippen LogP contribution in [-0.4, -0.2) is 15.7 Å². The Morgan fingerprint density at radius 3 is 1.84 bits per heavy atom. The largest absolute Gasteiger partial charge is 0.141 e. The third kappa shape index (κ3) is 4.26.